The van der Waals surface area contributed by atoms with Crippen molar-refractivity contribution in [1.29, 1.82) is 0 Å². The van der Waals surface area contributed by atoms with Crippen LogP contribution in [0.15, 0.2) is 36.7 Å². The molecule has 2 fully saturated rings. The number of hydrogen-bond donors (Lipinski definition) is 1. The normalized spacial score (nSPS) is 20.8. The summed E-state index contributed by atoms with van der Waals surface area (Å²) in [5, 5.41) is 11.1. The van der Waals surface area contributed by atoms with Crippen molar-refractivity contribution in [2.75, 3.05) is 51.3 Å². The van der Waals surface area contributed by atoms with Crippen LogP contribution in [0.2, 0.25) is 0 Å². The first kappa shape index (κ1) is 23.4. The van der Waals surface area contributed by atoms with Crippen molar-refractivity contribution >= 4 is 11.7 Å². The van der Waals surface area contributed by atoms with Crippen LogP contribution in [0.4, 0.5) is 5.82 Å². The number of carbonyl (C=O) groups excluding carboxylic acids is 1. The number of aliphatic hydroxyl groups is 1. The summed E-state index contributed by atoms with van der Waals surface area (Å²) >= 11 is 0. The number of anilines is 1. The molecule has 2 aromatic rings. The zero-order valence-corrected chi connectivity index (χ0v) is 19.7. The van der Waals surface area contributed by atoms with Crippen LogP contribution in [-0.2, 0) is 11.3 Å². The van der Waals surface area contributed by atoms with Gasteiger partial charge in [-0.15, -0.1) is 0 Å². The topological polar surface area (TPSA) is 82.0 Å². The Balaban J connectivity index is 1.20. The lowest BCUT2D eigenvalue weighted by molar-refractivity contribution is -0.127. The van der Waals surface area contributed by atoms with E-state index in [0.29, 0.717) is 26.1 Å². The quantitative estimate of drug-likeness (QED) is 0.553. The van der Waals surface area contributed by atoms with E-state index in [-0.39, 0.29) is 5.91 Å². The van der Waals surface area contributed by atoms with Crippen molar-refractivity contribution in [2.45, 2.75) is 44.8 Å². The molecule has 1 N–H and O–H groups in total. The van der Waals surface area contributed by atoms with Gasteiger partial charge >= 0.3 is 0 Å². The number of aryl methyl sites for hydroxylation is 1. The lowest BCUT2D eigenvalue weighted by atomic mass is 10.0. The van der Waals surface area contributed by atoms with Gasteiger partial charge in [0, 0.05) is 57.4 Å². The summed E-state index contributed by atoms with van der Waals surface area (Å²) in [5.41, 5.74) is 1.35. The van der Waals surface area contributed by atoms with Crippen LogP contribution in [-0.4, -0.2) is 82.8 Å². The standard InChI is InChI=1S/C25H35N5O3/c1-20-15-23(27-19-26-20)30-13-10-25(32,18-30)17-28(2)16-21-6-8-22(9-7-21)33-14-4-12-29-11-3-5-24(29)31/h6-9,15,19,32H,3-5,10-14,16-18H2,1-2H3. The largest absolute Gasteiger partial charge is 0.494 e. The number of β-amino-alcohol motifs (C(OH)–C–C–N with tert-alkyl or cyclic N) is 1. The molecule has 1 aromatic carbocycles. The van der Waals surface area contributed by atoms with Gasteiger partial charge in [-0.1, -0.05) is 12.1 Å². The average molecular weight is 454 g/mol. The number of likely N-dealkylation sites (N-methyl/N-ethyl adjacent to an activating group) is 1. The molecular formula is C25H35N5O3. The minimum absolute atomic E-state index is 0.266. The zero-order chi connectivity index (χ0) is 23.3. The van der Waals surface area contributed by atoms with Gasteiger partial charge in [-0.05, 0) is 50.9 Å². The Hall–Kier alpha value is -2.71. The summed E-state index contributed by atoms with van der Waals surface area (Å²) in [6.07, 6.45) is 4.81. The highest BCUT2D eigenvalue weighted by atomic mass is 16.5. The maximum absolute atomic E-state index is 11.6. The number of rotatable bonds is 10. The smallest absolute Gasteiger partial charge is 0.222 e. The number of amides is 1. The third-order valence-corrected chi connectivity index (χ3v) is 6.40. The number of hydrogen-bond acceptors (Lipinski definition) is 7. The predicted molar refractivity (Wildman–Crippen MR) is 127 cm³/mol. The monoisotopic (exact) mass is 453 g/mol. The molecule has 3 heterocycles. The van der Waals surface area contributed by atoms with Crippen LogP contribution in [0.5, 0.6) is 5.75 Å². The van der Waals surface area contributed by atoms with Crippen LogP contribution in [0, 0.1) is 6.92 Å². The maximum atomic E-state index is 11.6. The van der Waals surface area contributed by atoms with Crippen molar-refractivity contribution in [3.8, 4) is 5.75 Å². The maximum Gasteiger partial charge on any atom is 0.222 e. The summed E-state index contributed by atoms with van der Waals surface area (Å²) in [7, 11) is 2.04. The van der Waals surface area contributed by atoms with Gasteiger partial charge in [0.1, 0.15) is 17.9 Å². The molecule has 33 heavy (non-hydrogen) atoms. The number of carbonyl (C=O) groups is 1. The Labute approximate surface area is 196 Å². The van der Waals surface area contributed by atoms with Gasteiger partial charge in [0.15, 0.2) is 0 Å². The van der Waals surface area contributed by atoms with Gasteiger partial charge in [-0.2, -0.15) is 0 Å². The van der Waals surface area contributed by atoms with Crippen LogP contribution >= 0.6 is 0 Å². The molecule has 2 aliphatic heterocycles. The molecular weight excluding hydrogens is 418 g/mol. The molecule has 8 nitrogen and oxygen atoms in total. The van der Waals surface area contributed by atoms with Crippen molar-refractivity contribution in [1.82, 2.24) is 19.8 Å². The minimum Gasteiger partial charge on any atom is -0.494 e. The molecule has 1 unspecified atom stereocenters. The summed E-state index contributed by atoms with van der Waals surface area (Å²) in [5.74, 6) is 1.99. The number of ether oxygens (including phenoxy) is 1. The van der Waals surface area contributed by atoms with Crippen LogP contribution in [0.25, 0.3) is 0 Å². The SMILES string of the molecule is Cc1cc(N2CCC(O)(CN(C)Cc3ccc(OCCCN4CCCC4=O)cc3)C2)ncn1. The molecule has 0 spiro atoms. The van der Waals surface area contributed by atoms with E-state index in [1.54, 1.807) is 6.33 Å². The highest BCUT2D eigenvalue weighted by Gasteiger charge is 2.37. The third kappa shape index (κ3) is 6.42. The van der Waals surface area contributed by atoms with Crippen LogP contribution in [0.1, 0.15) is 36.9 Å². The number of nitrogens with zero attached hydrogens (tertiary/aromatic N) is 5. The van der Waals surface area contributed by atoms with Gasteiger partial charge < -0.3 is 19.6 Å². The van der Waals surface area contributed by atoms with Crippen molar-refractivity contribution in [2.24, 2.45) is 0 Å². The molecule has 0 bridgehead atoms. The van der Waals surface area contributed by atoms with Crippen molar-refractivity contribution < 1.29 is 14.6 Å². The summed E-state index contributed by atoms with van der Waals surface area (Å²) in [6, 6.07) is 10.1. The molecule has 0 saturated carbocycles. The average Bonchev–Trinajstić information content (AvgIpc) is 3.37. The molecule has 178 valence electrons. The van der Waals surface area contributed by atoms with E-state index in [1.165, 1.54) is 5.56 Å². The molecule has 1 amide bonds. The van der Waals surface area contributed by atoms with E-state index in [4.69, 9.17) is 4.74 Å². The number of likely N-dealkylation sites (tertiary alicyclic amines) is 1. The van der Waals surface area contributed by atoms with E-state index in [1.807, 2.05) is 37.1 Å². The molecule has 1 atom stereocenters. The Morgan fingerprint density at radius 1 is 1.21 bits per heavy atom. The Bertz CT molecular complexity index is 938. The highest BCUT2D eigenvalue weighted by molar-refractivity contribution is 5.77. The zero-order valence-electron chi connectivity index (χ0n) is 19.7. The summed E-state index contributed by atoms with van der Waals surface area (Å²) in [6.45, 7) is 6.94. The molecule has 4 rings (SSSR count). The van der Waals surface area contributed by atoms with E-state index >= 15 is 0 Å². The van der Waals surface area contributed by atoms with Crippen LogP contribution in [0.3, 0.4) is 0 Å². The lowest BCUT2D eigenvalue weighted by Crippen LogP contribution is -2.43. The number of benzene rings is 1. The van der Waals surface area contributed by atoms with Gasteiger partial charge in [-0.25, -0.2) is 9.97 Å². The fourth-order valence-electron chi connectivity index (χ4n) is 4.74. The van der Waals surface area contributed by atoms with Crippen LogP contribution < -0.4 is 9.64 Å². The molecule has 2 saturated heterocycles. The first-order valence-electron chi connectivity index (χ1n) is 11.8. The second-order valence-electron chi connectivity index (χ2n) is 9.42. The van der Waals surface area contributed by atoms with Gasteiger partial charge in [0.2, 0.25) is 5.91 Å². The van der Waals surface area contributed by atoms with Gasteiger partial charge in [0.05, 0.1) is 12.2 Å². The van der Waals surface area contributed by atoms with Crippen molar-refractivity contribution in [3.63, 3.8) is 0 Å². The van der Waals surface area contributed by atoms with Crippen molar-refractivity contribution in [3.05, 3.63) is 47.9 Å². The fourth-order valence-corrected chi connectivity index (χ4v) is 4.74. The third-order valence-electron chi connectivity index (χ3n) is 6.40. The molecule has 2 aliphatic rings. The molecule has 0 aliphatic carbocycles. The summed E-state index contributed by atoms with van der Waals surface area (Å²) in [4.78, 5) is 26.4. The first-order valence-corrected chi connectivity index (χ1v) is 11.8. The second kappa shape index (κ2) is 10.5. The Morgan fingerprint density at radius 2 is 2.03 bits per heavy atom. The van der Waals surface area contributed by atoms with E-state index in [2.05, 4.69) is 31.9 Å². The fraction of sp³-hybridized carbons (Fsp3) is 0.560. The van der Waals surface area contributed by atoms with Gasteiger partial charge in [0.25, 0.3) is 0 Å². The van der Waals surface area contributed by atoms with E-state index in [0.717, 1.165) is 62.7 Å². The first-order chi connectivity index (χ1) is 15.9. The Morgan fingerprint density at radius 3 is 2.76 bits per heavy atom. The minimum atomic E-state index is -0.757. The summed E-state index contributed by atoms with van der Waals surface area (Å²) < 4.78 is 5.84. The predicted octanol–water partition coefficient (Wildman–Crippen LogP) is 2.25. The Kier molecular flexibility index (Phi) is 7.45. The van der Waals surface area contributed by atoms with Gasteiger partial charge in [-0.3, -0.25) is 9.69 Å². The van der Waals surface area contributed by atoms with E-state index in [9.17, 15) is 9.90 Å². The lowest BCUT2D eigenvalue weighted by Gasteiger charge is -2.29. The molecule has 1 aromatic heterocycles. The molecule has 0 radical (unpaired) electrons. The molecule has 8 heteroatoms. The number of aromatic nitrogens is 2. The van der Waals surface area contributed by atoms with E-state index < -0.39 is 5.60 Å². The highest BCUT2D eigenvalue weighted by Crippen LogP contribution is 2.27. The second-order valence-corrected chi connectivity index (χ2v) is 9.42.